The van der Waals surface area contributed by atoms with E-state index in [1.165, 1.54) is 12.1 Å². The number of rotatable bonds is 1. The van der Waals surface area contributed by atoms with E-state index < -0.39 is 5.82 Å². The minimum atomic E-state index is -0.593. The van der Waals surface area contributed by atoms with Crippen molar-refractivity contribution >= 4 is 28.9 Å². The lowest BCUT2D eigenvalue weighted by atomic mass is 10.1. The van der Waals surface area contributed by atoms with Crippen molar-refractivity contribution < 1.29 is 9.18 Å². The van der Waals surface area contributed by atoms with Crippen LogP contribution in [0.25, 0.3) is 0 Å². The Hall–Kier alpha value is -2.07. The van der Waals surface area contributed by atoms with Gasteiger partial charge in [-0.2, -0.15) is 0 Å². The molecular weight excluding hydrogens is 279 g/mol. The first-order valence-electron chi connectivity index (χ1n) is 6.22. The number of hydrogen-bond donors (Lipinski definition) is 1. The molecule has 1 aliphatic rings. The van der Waals surface area contributed by atoms with Gasteiger partial charge in [-0.15, -0.1) is 0 Å². The predicted octanol–water partition coefficient (Wildman–Crippen LogP) is 3.26. The fourth-order valence-corrected chi connectivity index (χ4v) is 2.57. The molecule has 0 radical (unpaired) electrons. The summed E-state index contributed by atoms with van der Waals surface area (Å²) in [6, 6.07) is 9.55. The molecule has 0 saturated heterocycles. The van der Waals surface area contributed by atoms with Gasteiger partial charge in [0.25, 0.3) is 5.91 Å². The molecule has 5 heteroatoms. The number of benzene rings is 2. The summed E-state index contributed by atoms with van der Waals surface area (Å²) in [5.74, 6) is -0.838. The normalized spacial score (nSPS) is 13.4. The number of carbonyl (C=O) groups is 1. The van der Waals surface area contributed by atoms with Crippen molar-refractivity contribution in [3.8, 4) is 0 Å². The number of amides is 1. The molecule has 0 spiro atoms. The molecule has 0 aromatic heterocycles. The molecule has 1 aliphatic heterocycles. The van der Waals surface area contributed by atoms with Crippen molar-refractivity contribution in [2.24, 2.45) is 0 Å². The number of nitrogens with zero attached hydrogens (tertiary/aromatic N) is 1. The molecule has 3 rings (SSSR count). The molecule has 2 aromatic carbocycles. The van der Waals surface area contributed by atoms with Crippen molar-refractivity contribution in [1.82, 2.24) is 0 Å². The maximum Gasteiger partial charge on any atom is 0.258 e. The maximum absolute atomic E-state index is 13.5. The number of hydrogen-bond acceptors (Lipinski definition) is 2. The second-order valence-corrected chi connectivity index (χ2v) is 5.09. The smallest absolute Gasteiger partial charge is 0.258 e. The zero-order valence-electron chi connectivity index (χ0n) is 10.6. The van der Waals surface area contributed by atoms with Crippen LogP contribution in [0.1, 0.15) is 15.9 Å². The minimum absolute atomic E-state index is 0.00705. The molecule has 2 N–H and O–H groups in total. The number of anilines is 2. The van der Waals surface area contributed by atoms with Gasteiger partial charge in [0.15, 0.2) is 0 Å². The molecule has 2 aromatic rings. The van der Waals surface area contributed by atoms with Gasteiger partial charge in [-0.25, -0.2) is 4.39 Å². The summed E-state index contributed by atoms with van der Waals surface area (Å²) >= 11 is 5.63. The van der Waals surface area contributed by atoms with Crippen LogP contribution >= 0.6 is 11.6 Å². The Morgan fingerprint density at radius 3 is 2.85 bits per heavy atom. The number of nitrogens with two attached hydrogens (primary N) is 1. The molecule has 20 heavy (non-hydrogen) atoms. The molecule has 0 saturated carbocycles. The van der Waals surface area contributed by atoms with E-state index in [9.17, 15) is 9.18 Å². The van der Waals surface area contributed by atoms with Crippen molar-refractivity contribution in [3.63, 3.8) is 0 Å². The number of carbonyl (C=O) groups excluding carboxylic acids is 1. The Morgan fingerprint density at radius 1 is 1.30 bits per heavy atom. The van der Waals surface area contributed by atoms with Gasteiger partial charge >= 0.3 is 0 Å². The highest BCUT2D eigenvalue weighted by molar-refractivity contribution is 6.30. The summed E-state index contributed by atoms with van der Waals surface area (Å²) in [5, 5.41) is 0.00705. The number of fused-ring (bicyclic) bond motifs is 1. The van der Waals surface area contributed by atoms with E-state index in [0.29, 0.717) is 18.7 Å². The van der Waals surface area contributed by atoms with E-state index in [2.05, 4.69) is 0 Å². The van der Waals surface area contributed by atoms with Crippen LogP contribution in [-0.4, -0.2) is 12.5 Å². The zero-order chi connectivity index (χ0) is 14.3. The second-order valence-electron chi connectivity index (χ2n) is 4.68. The average molecular weight is 291 g/mol. The van der Waals surface area contributed by atoms with Crippen LogP contribution in [0.15, 0.2) is 36.4 Å². The summed E-state index contributed by atoms with van der Waals surface area (Å²) in [7, 11) is 0. The molecular formula is C15H12ClFN2O. The summed E-state index contributed by atoms with van der Waals surface area (Å²) in [5.41, 5.74) is 8.63. The Labute approximate surface area is 120 Å². The predicted molar refractivity (Wildman–Crippen MR) is 77.6 cm³/mol. The Balaban J connectivity index is 1.97. The molecule has 3 nitrogen and oxygen atoms in total. The highest BCUT2D eigenvalue weighted by atomic mass is 35.5. The van der Waals surface area contributed by atoms with E-state index in [4.69, 9.17) is 17.3 Å². The fraction of sp³-hybridized carbons (Fsp3) is 0.133. The zero-order valence-corrected chi connectivity index (χ0v) is 11.3. The van der Waals surface area contributed by atoms with Gasteiger partial charge in [0.05, 0.1) is 5.02 Å². The molecule has 0 fully saturated rings. The van der Waals surface area contributed by atoms with Gasteiger partial charge in [0.2, 0.25) is 0 Å². The number of nitrogen functional groups attached to an aromatic ring is 1. The third-order valence-electron chi connectivity index (χ3n) is 3.48. The maximum atomic E-state index is 13.5. The van der Waals surface area contributed by atoms with E-state index in [1.54, 1.807) is 4.90 Å². The first-order valence-corrected chi connectivity index (χ1v) is 6.60. The van der Waals surface area contributed by atoms with Crippen molar-refractivity contribution in [3.05, 3.63) is 58.4 Å². The molecule has 0 atom stereocenters. The fourth-order valence-electron chi connectivity index (χ4n) is 2.46. The SMILES string of the molecule is Nc1cccc2c1CCN2C(=O)c1ccc(Cl)c(F)c1. The molecule has 0 aliphatic carbocycles. The van der Waals surface area contributed by atoms with Crippen LogP contribution < -0.4 is 10.6 Å². The van der Waals surface area contributed by atoms with E-state index in [0.717, 1.165) is 17.3 Å². The van der Waals surface area contributed by atoms with Crippen LogP contribution in [0, 0.1) is 5.82 Å². The monoisotopic (exact) mass is 290 g/mol. The summed E-state index contributed by atoms with van der Waals surface area (Å²) in [6.45, 7) is 0.548. The third-order valence-corrected chi connectivity index (χ3v) is 3.78. The highest BCUT2D eigenvalue weighted by Crippen LogP contribution is 2.33. The van der Waals surface area contributed by atoms with Crippen LogP contribution in [0.4, 0.5) is 15.8 Å². The van der Waals surface area contributed by atoms with Crippen LogP contribution in [-0.2, 0) is 6.42 Å². The Bertz CT molecular complexity index is 702. The molecule has 102 valence electrons. The number of halogens is 2. The summed E-state index contributed by atoms with van der Waals surface area (Å²) in [4.78, 5) is 14.1. The summed E-state index contributed by atoms with van der Waals surface area (Å²) in [6.07, 6.45) is 0.712. The third kappa shape index (κ3) is 2.02. The van der Waals surface area contributed by atoms with Gasteiger partial charge in [0.1, 0.15) is 5.82 Å². The van der Waals surface area contributed by atoms with Crippen LogP contribution in [0.2, 0.25) is 5.02 Å². The van der Waals surface area contributed by atoms with Gasteiger partial charge in [-0.3, -0.25) is 4.79 Å². The molecule has 1 amide bonds. The van der Waals surface area contributed by atoms with Gasteiger partial charge in [0, 0.05) is 29.0 Å². The van der Waals surface area contributed by atoms with Crippen LogP contribution in [0.5, 0.6) is 0 Å². The molecule has 1 heterocycles. The first-order chi connectivity index (χ1) is 9.58. The molecule has 0 bridgehead atoms. The van der Waals surface area contributed by atoms with Crippen LogP contribution in [0.3, 0.4) is 0 Å². The van der Waals surface area contributed by atoms with E-state index in [-0.39, 0.29) is 16.5 Å². The van der Waals surface area contributed by atoms with Crippen molar-refractivity contribution in [2.75, 3.05) is 17.2 Å². The van der Waals surface area contributed by atoms with Gasteiger partial charge in [-0.1, -0.05) is 17.7 Å². The minimum Gasteiger partial charge on any atom is -0.398 e. The van der Waals surface area contributed by atoms with Crippen molar-refractivity contribution in [2.45, 2.75) is 6.42 Å². The van der Waals surface area contributed by atoms with Gasteiger partial charge in [-0.05, 0) is 36.8 Å². The largest absolute Gasteiger partial charge is 0.398 e. The Kier molecular flexibility index (Phi) is 3.10. The second kappa shape index (κ2) is 4.80. The topological polar surface area (TPSA) is 46.3 Å². The lowest BCUT2D eigenvalue weighted by Gasteiger charge is -2.17. The van der Waals surface area contributed by atoms with E-state index in [1.807, 2.05) is 18.2 Å². The lowest BCUT2D eigenvalue weighted by molar-refractivity contribution is 0.0989. The quantitative estimate of drug-likeness (QED) is 0.819. The Morgan fingerprint density at radius 2 is 2.10 bits per heavy atom. The van der Waals surface area contributed by atoms with E-state index >= 15 is 0 Å². The highest BCUT2D eigenvalue weighted by Gasteiger charge is 2.27. The molecule has 0 unspecified atom stereocenters. The standard InChI is InChI=1S/C15H12ClFN2O/c16-11-5-4-9(8-12(11)17)15(20)19-7-6-10-13(18)2-1-3-14(10)19/h1-5,8H,6-7,18H2. The van der Waals surface area contributed by atoms with Crippen molar-refractivity contribution in [1.29, 1.82) is 0 Å². The summed E-state index contributed by atoms with van der Waals surface area (Å²) < 4.78 is 13.5. The first kappa shape index (κ1) is 12.9. The average Bonchev–Trinajstić information content (AvgIpc) is 2.86. The lowest BCUT2D eigenvalue weighted by Crippen LogP contribution is -2.28. The van der Waals surface area contributed by atoms with Gasteiger partial charge < -0.3 is 10.6 Å².